The largest absolute Gasteiger partial charge is 0.393 e. The molecule has 1 heteroatoms. The summed E-state index contributed by atoms with van der Waals surface area (Å²) in [6.45, 7) is 12.7. The van der Waals surface area contributed by atoms with E-state index in [0.717, 1.165) is 6.42 Å². The normalized spacial score (nSPS) is 33.2. The van der Waals surface area contributed by atoms with Crippen LogP contribution in [0.2, 0.25) is 0 Å². The van der Waals surface area contributed by atoms with Crippen LogP contribution in [0.1, 0.15) is 54.4 Å². The molecule has 2 atom stereocenters. The summed E-state index contributed by atoms with van der Waals surface area (Å²) >= 11 is 0. The van der Waals surface area contributed by atoms with Crippen molar-refractivity contribution < 1.29 is 5.11 Å². The Balaban J connectivity index is 0.000000561. The van der Waals surface area contributed by atoms with E-state index in [2.05, 4.69) is 20.8 Å². The van der Waals surface area contributed by atoms with Crippen LogP contribution in [-0.2, 0) is 0 Å². The number of hydrogen-bond donors (Lipinski definition) is 1. The van der Waals surface area contributed by atoms with Crippen molar-refractivity contribution in [2.24, 2.45) is 10.8 Å². The first kappa shape index (κ1) is 12.0. The lowest BCUT2D eigenvalue weighted by Gasteiger charge is -2.15. The van der Waals surface area contributed by atoms with Gasteiger partial charge in [0.25, 0.3) is 0 Å². The first-order valence-corrected chi connectivity index (χ1v) is 5.05. The van der Waals surface area contributed by atoms with Crippen molar-refractivity contribution in [3.8, 4) is 0 Å². The minimum atomic E-state index is -0.133. The third kappa shape index (κ3) is 2.48. The third-order valence-electron chi connectivity index (χ3n) is 3.09. The smallest absolute Gasteiger partial charge is 0.0517 e. The van der Waals surface area contributed by atoms with Crippen molar-refractivity contribution in [3.63, 3.8) is 0 Å². The molecule has 1 saturated carbocycles. The van der Waals surface area contributed by atoms with Crippen molar-refractivity contribution in [3.05, 3.63) is 0 Å². The lowest BCUT2D eigenvalue weighted by molar-refractivity contribution is 0.147. The minimum absolute atomic E-state index is 0.133. The number of hydrogen-bond acceptors (Lipinski definition) is 1. The minimum Gasteiger partial charge on any atom is -0.393 e. The SMILES string of the molecule is CC.CC(O)CC1(C)CC1(C)C. The molecule has 0 aliphatic heterocycles. The van der Waals surface area contributed by atoms with Crippen LogP contribution in [0.3, 0.4) is 0 Å². The third-order valence-corrected chi connectivity index (χ3v) is 3.09. The summed E-state index contributed by atoms with van der Waals surface area (Å²) in [5, 5.41) is 9.16. The summed E-state index contributed by atoms with van der Waals surface area (Å²) < 4.78 is 0. The van der Waals surface area contributed by atoms with Crippen molar-refractivity contribution in [2.45, 2.75) is 60.5 Å². The van der Waals surface area contributed by atoms with Crippen molar-refractivity contribution >= 4 is 0 Å². The van der Waals surface area contributed by atoms with Crippen LogP contribution >= 0.6 is 0 Å². The van der Waals surface area contributed by atoms with Crippen LogP contribution in [0, 0.1) is 10.8 Å². The van der Waals surface area contributed by atoms with Gasteiger partial charge in [0, 0.05) is 0 Å². The molecule has 1 N–H and O–H groups in total. The molecule has 0 radical (unpaired) electrons. The number of rotatable bonds is 2. The van der Waals surface area contributed by atoms with Crippen molar-refractivity contribution in [2.75, 3.05) is 0 Å². The molecule has 1 fully saturated rings. The Bertz CT molecular complexity index is 138. The Kier molecular flexibility index (Phi) is 3.77. The summed E-state index contributed by atoms with van der Waals surface area (Å²) in [6.07, 6.45) is 2.09. The predicted octanol–water partition coefficient (Wildman–Crippen LogP) is 3.22. The van der Waals surface area contributed by atoms with Gasteiger partial charge in [-0.25, -0.2) is 0 Å². The Morgan fingerprint density at radius 2 is 1.58 bits per heavy atom. The zero-order valence-electron chi connectivity index (χ0n) is 9.44. The maximum absolute atomic E-state index is 9.16. The second-order valence-electron chi connectivity index (χ2n) is 4.67. The van der Waals surface area contributed by atoms with E-state index >= 15 is 0 Å². The van der Waals surface area contributed by atoms with E-state index in [1.165, 1.54) is 6.42 Å². The molecule has 0 spiro atoms. The lowest BCUT2D eigenvalue weighted by atomic mass is 9.92. The first-order chi connectivity index (χ1) is 5.37. The molecule has 1 rings (SSSR count). The zero-order valence-corrected chi connectivity index (χ0v) is 9.44. The topological polar surface area (TPSA) is 20.2 Å². The van der Waals surface area contributed by atoms with Gasteiger partial charge in [-0.2, -0.15) is 0 Å². The Morgan fingerprint density at radius 1 is 1.25 bits per heavy atom. The van der Waals surface area contributed by atoms with Gasteiger partial charge >= 0.3 is 0 Å². The zero-order chi connectivity index (χ0) is 9.99. The summed E-state index contributed by atoms with van der Waals surface area (Å²) in [5.74, 6) is 0. The highest BCUT2D eigenvalue weighted by atomic mass is 16.3. The van der Waals surface area contributed by atoms with Crippen molar-refractivity contribution in [1.29, 1.82) is 0 Å². The van der Waals surface area contributed by atoms with Crippen LogP contribution < -0.4 is 0 Å². The lowest BCUT2D eigenvalue weighted by Crippen LogP contribution is -2.12. The maximum Gasteiger partial charge on any atom is 0.0517 e. The summed E-state index contributed by atoms with van der Waals surface area (Å²) in [4.78, 5) is 0. The quantitative estimate of drug-likeness (QED) is 0.678. The maximum atomic E-state index is 9.16. The van der Waals surface area contributed by atoms with E-state index in [-0.39, 0.29) is 6.10 Å². The van der Waals surface area contributed by atoms with Gasteiger partial charge in [0.05, 0.1) is 6.10 Å². The van der Waals surface area contributed by atoms with Crippen LogP contribution in [0.25, 0.3) is 0 Å². The Morgan fingerprint density at radius 3 is 1.67 bits per heavy atom. The molecule has 0 aromatic rings. The molecule has 0 aromatic heterocycles. The molecular weight excluding hydrogens is 148 g/mol. The highest BCUT2D eigenvalue weighted by Gasteiger charge is 2.57. The second kappa shape index (κ2) is 3.78. The Labute approximate surface area is 77.2 Å². The summed E-state index contributed by atoms with van der Waals surface area (Å²) in [7, 11) is 0. The van der Waals surface area contributed by atoms with E-state index < -0.39 is 0 Å². The molecule has 1 aliphatic rings. The van der Waals surface area contributed by atoms with Crippen molar-refractivity contribution in [1.82, 2.24) is 0 Å². The van der Waals surface area contributed by atoms with E-state index in [9.17, 15) is 0 Å². The molecule has 0 saturated heterocycles. The fourth-order valence-electron chi connectivity index (χ4n) is 1.93. The molecule has 12 heavy (non-hydrogen) atoms. The van der Waals surface area contributed by atoms with Crippen LogP contribution in [0.15, 0.2) is 0 Å². The fourth-order valence-corrected chi connectivity index (χ4v) is 1.93. The van der Waals surface area contributed by atoms with Gasteiger partial charge in [-0.3, -0.25) is 0 Å². The van der Waals surface area contributed by atoms with Crippen LogP contribution in [-0.4, -0.2) is 11.2 Å². The molecular formula is C11H24O. The first-order valence-electron chi connectivity index (χ1n) is 5.05. The predicted molar refractivity (Wildman–Crippen MR) is 54.2 cm³/mol. The molecule has 1 nitrogen and oxygen atoms in total. The number of aliphatic hydroxyl groups is 1. The summed E-state index contributed by atoms with van der Waals surface area (Å²) in [6, 6.07) is 0. The van der Waals surface area contributed by atoms with Gasteiger partial charge in [-0.05, 0) is 30.6 Å². The van der Waals surface area contributed by atoms with Crippen LogP contribution in [0.4, 0.5) is 0 Å². The highest BCUT2D eigenvalue weighted by Crippen LogP contribution is 2.65. The molecule has 2 unspecified atom stereocenters. The average molecular weight is 172 g/mol. The van der Waals surface area contributed by atoms with Gasteiger partial charge in [-0.15, -0.1) is 0 Å². The standard InChI is InChI=1S/C9H18O.C2H6/c1-7(10)5-9(4)6-8(9,2)3;1-2/h7,10H,5-6H2,1-4H3;1-2H3. The molecule has 1 aliphatic carbocycles. The Hall–Kier alpha value is -0.0400. The van der Waals surface area contributed by atoms with E-state index in [0.29, 0.717) is 10.8 Å². The van der Waals surface area contributed by atoms with Gasteiger partial charge in [0.15, 0.2) is 0 Å². The number of aliphatic hydroxyl groups excluding tert-OH is 1. The van der Waals surface area contributed by atoms with E-state index in [4.69, 9.17) is 5.11 Å². The van der Waals surface area contributed by atoms with Gasteiger partial charge < -0.3 is 5.11 Å². The fraction of sp³-hybridized carbons (Fsp3) is 1.00. The van der Waals surface area contributed by atoms with E-state index in [1.807, 2.05) is 20.8 Å². The molecule has 74 valence electrons. The van der Waals surface area contributed by atoms with Crippen LogP contribution in [0.5, 0.6) is 0 Å². The monoisotopic (exact) mass is 172 g/mol. The van der Waals surface area contributed by atoms with Gasteiger partial charge in [-0.1, -0.05) is 34.6 Å². The second-order valence-corrected chi connectivity index (χ2v) is 4.67. The molecule has 0 bridgehead atoms. The summed E-state index contributed by atoms with van der Waals surface area (Å²) in [5.41, 5.74) is 0.894. The van der Waals surface area contributed by atoms with Gasteiger partial charge in [0.1, 0.15) is 0 Å². The van der Waals surface area contributed by atoms with Gasteiger partial charge in [0.2, 0.25) is 0 Å². The molecule has 0 amide bonds. The highest BCUT2D eigenvalue weighted by molar-refractivity contribution is 5.06. The molecule has 0 aromatic carbocycles. The van der Waals surface area contributed by atoms with E-state index in [1.54, 1.807) is 0 Å². The molecule has 0 heterocycles. The average Bonchev–Trinajstić information content (AvgIpc) is 2.33.